The quantitative estimate of drug-likeness (QED) is 0.834. The molecule has 0 heterocycles. The van der Waals surface area contributed by atoms with Gasteiger partial charge in [0.15, 0.2) is 0 Å². The Balaban J connectivity index is 2.29. The van der Waals surface area contributed by atoms with Crippen LogP contribution in [0.4, 0.5) is 0 Å². The molecule has 0 aliphatic heterocycles. The van der Waals surface area contributed by atoms with Crippen LogP contribution < -0.4 is 11.1 Å². The fourth-order valence-electron chi connectivity index (χ4n) is 1.24. The fourth-order valence-corrected chi connectivity index (χ4v) is 2.24. The molecule has 1 unspecified atom stereocenters. The van der Waals surface area contributed by atoms with E-state index in [1.54, 1.807) is 13.0 Å². The summed E-state index contributed by atoms with van der Waals surface area (Å²) in [6.45, 7) is 1.56. The highest BCUT2D eigenvalue weighted by Crippen LogP contribution is 2.16. The number of nitrogens with two attached hydrogens (primary N) is 1. The lowest BCUT2D eigenvalue weighted by molar-refractivity contribution is -0.125. The topological polar surface area (TPSA) is 72.2 Å². The first-order valence-corrected chi connectivity index (χ1v) is 6.93. The molecule has 3 N–H and O–H groups in total. The Bertz CT molecular complexity index is 440. The summed E-state index contributed by atoms with van der Waals surface area (Å²) < 4.78 is 0. The van der Waals surface area contributed by atoms with Gasteiger partial charge in [0.2, 0.25) is 11.8 Å². The lowest BCUT2D eigenvalue weighted by Crippen LogP contribution is -2.42. The number of primary amides is 1. The van der Waals surface area contributed by atoms with Crippen molar-refractivity contribution in [1.29, 1.82) is 0 Å². The molecule has 1 aromatic carbocycles. The number of carbonyl (C=O) groups is 2. The Labute approximate surface area is 115 Å². The number of benzene rings is 1. The first-order valence-electron chi connectivity index (χ1n) is 5.40. The predicted molar refractivity (Wildman–Crippen MR) is 74.4 cm³/mol. The van der Waals surface area contributed by atoms with Crippen LogP contribution >= 0.6 is 23.4 Å². The minimum atomic E-state index is -0.635. The summed E-state index contributed by atoms with van der Waals surface area (Å²) in [4.78, 5) is 22.2. The standard InChI is InChI=1S/C12H15ClN2O2S/c1-8(12(14)17)15-11(16)7-18-6-9-3-2-4-10(13)5-9/h2-5,8H,6-7H2,1H3,(H2,14,17)(H,15,16). The second-order valence-electron chi connectivity index (χ2n) is 3.81. The highest BCUT2D eigenvalue weighted by molar-refractivity contribution is 7.99. The van der Waals surface area contributed by atoms with Crippen molar-refractivity contribution in [2.45, 2.75) is 18.7 Å². The van der Waals surface area contributed by atoms with Crippen molar-refractivity contribution in [3.63, 3.8) is 0 Å². The third kappa shape index (κ3) is 5.42. The highest BCUT2D eigenvalue weighted by atomic mass is 35.5. The lowest BCUT2D eigenvalue weighted by atomic mass is 10.2. The summed E-state index contributed by atoms with van der Waals surface area (Å²) >= 11 is 7.30. The van der Waals surface area contributed by atoms with Gasteiger partial charge < -0.3 is 11.1 Å². The SMILES string of the molecule is CC(NC(=O)CSCc1cccc(Cl)c1)C(N)=O. The van der Waals surface area contributed by atoms with Crippen LogP contribution in [-0.4, -0.2) is 23.6 Å². The van der Waals surface area contributed by atoms with E-state index in [1.807, 2.05) is 18.2 Å². The van der Waals surface area contributed by atoms with Gasteiger partial charge in [-0.1, -0.05) is 23.7 Å². The number of thioether (sulfide) groups is 1. The molecule has 4 nitrogen and oxygen atoms in total. The van der Waals surface area contributed by atoms with Gasteiger partial charge in [0.25, 0.3) is 0 Å². The summed E-state index contributed by atoms with van der Waals surface area (Å²) in [5.74, 6) is 0.236. The molecule has 0 aliphatic carbocycles. The smallest absolute Gasteiger partial charge is 0.239 e. The summed E-state index contributed by atoms with van der Waals surface area (Å²) in [5, 5.41) is 3.20. The number of hydrogen-bond acceptors (Lipinski definition) is 3. The van der Waals surface area contributed by atoms with Crippen LogP contribution in [0, 0.1) is 0 Å². The summed E-state index contributed by atoms with van der Waals surface area (Å²) in [6, 6.07) is 6.84. The highest BCUT2D eigenvalue weighted by Gasteiger charge is 2.11. The van der Waals surface area contributed by atoms with E-state index in [4.69, 9.17) is 17.3 Å². The fraction of sp³-hybridized carbons (Fsp3) is 0.333. The van der Waals surface area contributed by atoms with Crippen molar-refractivity contribution < 1.29 is 9.59 Å². The Morgan fingerprint density at radius 2 is 2.22 bits per heavy atom. The number of halogens is 1. The molecule has 0 saturated heterocycles. The first-order chi connectivity index (χ1) is 8.49. The van der Waals surface area contributed by atoms with Crippen molar-refractivity contribution >= 4 is 35.2 Å². The van der Waals surface area contributed by atoms with Crippen molar-refractivity contribution in [1.82, 2.24) is 5.32 Å². The van der Waals surface area contributed by atoms with Crippen LogP contribution in [0.5, 0.6) is 0 Å². The molecule has 1 aromatic rings. The van der Waals surface area contributed by atoms with E-state index in [9.17, 15) is 9.59 Å². The van der Waals surface area contributed by atoms with E-state index >= 15 is 0 Å². The van der Waals surface area contributed by atoms with Gasteiger partial charge in [0.1, 0.15) is 6.04 Å². The van der Waals surface area contributed by atoms with Crippen molar-refractivity contribution in [2.75, 3.05) is 5.75 Å². The number of hydrogen-bond donors (Lipinski definition) is 2. The first kappa shape index (κ1) is 14.9. The normalized spacial score (nSPS) is 11.9. The summed E-state index contributed by atoms with van der Waals surface area (Å²) in [5.41, 5.74) is 6.10. The minimum absolute atomic E-state index is 0.201. The average Bonchev–Trinajstić information content (AvgIpc) is 2.28. The molecule has 6 heteroatoms. The van der Waals surface area contributed by atoms with Crippen molar-refractivity contribution in [2.24, 2.45) is 5.73 Å². The Morgan fingerprint density at radius 1 is 1.50 bits per heavy atom. The second kappa shape index (κ2) is 7.28. The zero-order chi connectivity index (χ0) is 13.5. The van der Waals surface area contributed by atoms with E-state index < -0.39 is 11.9 Å². The van der Waals surface area contributed by atoms with Crippen LogP contribution in [0.2, 0.25) is 5.02 Å². The second-order valence-corrected chi connectivity index (χ2v) is 5.24. The lowest BCUT2D eigenvalue weighted by Gasteiger charge is -2.09. The molecule has 0 spiro atoms. The summed E-state index contributed by atoms with van der Waals surface area (Å²) in [7, 11) is 0. The monoisotopic (exact) mass is 286 g/mol. The molecule has 0 aromatic heterocycles. The van der Waals surface area contributed by atoms with Crippen molar-refractivity contribution in [3.8, 4) is 0 Å². The van der Waals surface area contributed by atoms with Gasteiger partial charge in [-0.25, -0.2) is 0 Å². The maximum absolute atomic E-state index is 11.4. The Hall–Kier alpha value is -1.20. The van der Waals surface area contributed by atoms with Crippen LogP contribution in [0.3, 0.4) is 0 Å². The van der Waals surface area contributed by atoms with E-state index in [1.165, 1.54) is 11.8 Å². The van der Waals surface area contributed by atoms with Crippen LogP contribution in [0.25, 0.3) is 0 Å². The molecule has 0 fully saturated rings. The number of carbonyl (C=O) groups excluding carboxylic acids is 2. The van der Waals surface area contributed by atoms with Gasteiger partial charge in [-0.2, -0.15) is 0 Å². The molecule has 0 saturated carbocycles. The zero-order valence-electron chi connectivity index (χ0n) is 9.98. The van der Waals surface area contributed by atoms with Gasteiger partial charge in [0.05, 0.1) is 5.75 Å². The Kier molecular flexibility index (Phi) is 6.01. The molecular weight excluding hydrogens is 272 g/mol. The van der Waals surface area contributed by atoms with Gasteiger partial charge in [-0.3, -0.25) is 9.59 Å². The van der Waals surface area contributed by atoms with Crippen LogP contribution in [-0.2, 0) is 15.3 Å². The van der Waals surface area contributed by atoms with E-state index in [-0.39, 0.29) is 11.7 Å². The maximum atomic E-state index is 11.4. The molecule has 1 atom stereocenters. The predicted octanol–water partition coefficient (Wildman–Crippen LogP) is 1.56. The molecule has 18 heavy (non-hydrogen) atoms. The Morgan fingerprint density at radius 3 is 2.83 bits per heavy atom. The van der Waals surface area contributed by atoms with Gasteiger partial charge in [0, 0.05) is 10.8 Å². The number of amides is 2. The molecule has 0 bridgehead atoms. The van der Waals surface area contributed by atoms with E-state index in [2.05, 4.69) is 5.32 Å². The molecule has 0 radical (unpaired) electrons. The molecule has 2 amide bonds. The average molecular weight is 287 g/mol. The minimum Gasteiger partial charge on any atom is -0.368 e. The van der Waals surface area contributed by atoms with E-state index in [0.29, 0.717) is 10.8 Å². The van der Waals surface area contributed by atoms with Gasteiger partial charge >= 0.3 is 0 Å². The summed E-state index contributed by atoms with van der Waals surface area (Å²) in [6.07, 6.45) is 0. The van der Waals surface area contributed by atoms with E-state index in [0.717, 1.165) is 5.56 Å². The number of nitrogens with one attached hydrogen (secondary N) is 1. The van der Waals surface area contributed by atoms with Crippen molar-refractivity contribution in [3.05, 3.63) is 34.9 Å². The third-order valence-corrected chi connectivity index (χ3v) is 3.43. The van der Waals surface area contributed by atoms with Gasteiger partial charge in [-0.15, -0.1) is 11.8 Å². The van der Waals surface area contributed by atoms with Gasteiger partial charge in [-0.05, 0) is 24.6 Å². The maximum Gasteiger partial charge on any atom is 0.239 e. The largest absolute Gasteiger partial charge is 0.368 e. The third-order valence-electron chi connectivity index (χ3n) is 2.20. The van der Waals surface area contributed by atoms with Crippen LogP contribution in [0.15, 0.2) is 24.3 Å². The molecule has 0 aliphatic rings. The number of rotatable bonds is 6. The molecule has 1 rings (SSSR count). The zero-order valence-corrected chi connectivity index (χ0v) is 11.6. The molecule has 98 valence electrons. The van der Waals surface area contributed by atoms with Crippen LogP contribution in [0.1, 0.15) is 12.5 Å². The molecular formula is C12H15ClN2O2S.